The predicted octanol–water partition coefficient (Wildman–Crippen LogP) is 2.38. The molecular weight excluding hydrogens is 233 g/mol. The molecule has 0 fully saturated rings. The molecule has 0 radical (unpaired) electrons. The van der Waals surface area contributed by atoms with Crippen LogP contribution in [-0.2, 0) is 12.8 Å². The quantitative estimate of drug-likeness (QED) is 0.799. The lowest BCUT2D eigenvalue weighted by molar-refractivity contribution is -0.154. The van der Waals surface area contributed by atoms with Crippen molar-refractivity contribution in [1.82, 2.24) is 4.98 Å². The van der Waals surface area contributed by atoms with Crippen LogP contribution in [0.5, 0.6) is 5.88 Å². The van der Waals surface area contributed by atoms with Gasteiger partial charge in [0.15, 0.2) is 6.61 Å². The van der Waals surface area contributed by atoms with Crippen LogP contribution in [0.2, 0.25) is 0 Å². The van der Waals surface area contributed by atoms with Crippen molar-refractivity contribution in [3.05, 3.63) is 22.9 Å². The molecule has 0 aliphatic heterocycles. The maximum Gasteiger partial charge on any atom is 0.422 e. The number of pyridine rings is 1. The number of rotatable bonds is 2. The van der Waals surface area contributed by atoms with Gasteiger partial charge in [0.05, 0.1) is 0 Å². The molecular formula is C11H9F3N2O. The van der Waals surface area contributed by atoms with Gasteiger partial charge in [-0.2, -0.15) is 18.4 Å². The van der Waals surface area contributed by atoms with Gasteiger partial charge in [0.25, 0.3) is 0 Å². The van der Waals surface area contributed by atoms with Crippen LogP contribution in [0.1, 0.15) is 23.2 Å². The molecule has 1 aromatic rings. The molecule has 0 aromatic carbocycles. The Bertz CT molecular complexity index is 477. The molecule has 0 saturated heterocycles. The fraction of sp³-hybridized carbons (Fsp3) is 0.455. The fourth-order valence-electron chi connectivity index (χ4n) is 1.79. The summed E-state index contributed by atoms with van der Waals surface area (Å²) in [6.45, 7) is -1.42. The molecule has 0 unspecified atom stereocenters. The van der Waals surface area contributed by atoms with E-state index in [0.29, 0.717) is 0 Å². The van der Waals surface area contributed by atoms with Gasteiger partial charge in [-0.25, -0.2) is 4.98 Å². The Morgan fingerprint density at radius 2 is 2.18 bits per heavy atom. The Balaban J connectivity index is 2.25. The van der Waals surface area contributed by atoms with Crippen molar-refractivity contribution in [3.63, 3.8) is 0 Å². The lowest BCUT2D eigenvalue weighted by Gasteiger charge is -2.10. The van der Waals surface area contributed by atoms with Crippen molar-refractivity contribution in [2.45, 2.75) is 25.4 Å². The van der Waals surface area contributed by atoms with Gasteiger partial charge in [-0.05, 0) is 30.9 Å². The monoisotopic (exact) mass is 242 g/mol. The fourth-order valence-corrected chi connectivity index (χ4v) is 1.79. The number of aryl methyl sites for hydroxylation is 2. The Morgan fingerprint density at radius 3 is 2.82 bits per heavy atom. The molecule has 0 N–H and O–H groups in total. The number of aromatic nitrogens is 1. The maximum atomic E-state index is 12.0. The number of hydrogen-bond acceptors (Lipinski definition) is 3. The number of ether oxygens (including phenoxy) is 1. The van der Waals surface area contributed by atoms with Crippen LogP contribution in [0.25, 0.3) is 0 Å². The average Bonchev–Trinajstić information content (AvgIpc) is 2.70. The third-order valence-electron chi connectivity index (χ3n) is 2.51. The van der Waals surface area contributed by atoms with Gasteiger partial charge in [0.2, 0.25) is 5.88 Å². The van der Waals surface area contributed by atoms with Gasteiger partial charge in [-0.15, -0.1) is 0 Å². The predicted molar refractivity (Wildman–Crippen MR) is 52.5 cm³/mol. The van der Waals surface area contributed by atoms with Gasteiger partial charge in [0.1, 0.15) is 11.6 Å². The topological polar surface area (TPSA) is 45.9 Å². The highest BCUT2D eigenvalue weighted by atomic mass is 19.4. The minimum absolute atomic E-state index is 0.0647. The van der Waals surface area contributed by atoms with Gasteiger partial charge in [0, 0.05) is 5.69 Å². The summed E-state index contributed by atoms with van der Waals surface area (Å²) in [6.07, 6.45) is -1.97. The molecule has 0 amide bonds. The van der Waals surface area contributed by atoms with Crippen LogP contribution in [0.4, 0.5) is 13.2 Å². The highest BCUT2D eigenvalue weighted by molar-refractivity contribution is 5.44. The third-order valence-corrected chi connectivity index (χ3v) is 2.51. The lowest BCUT2D eigenvalue weighted by atomic mass is 10.1. The minimum atomic E-state index is -4.42. The van der Waals surface area contributed by atoms with E-state index >= 15 is 0 Å². The summed E-state index contributed by atoms with van der Waals surface area (Å²) in [4.78, 5) is 3.98. The molecule has 90 valence electrons. The van der Waals surface area contributed by atoms with E-state index in [4.69, 9.17) is 5.26 Å². The normalized spacial score (nSPS) is 14.2. The summed E-state index contributed by atoms with van der Waals surface area (Å²) in [5, 5.41) is 8.83. The Morgan fingerprint density at radius 1 is 1.41 bits per heavy atom. The summed E-state index contributed by atoms with van der Waals surface area (Å²) in [6, 6.07) is 3.38. The Kier molecular flexibility index (Phi) is 2.92. The van der Waals surface area contributed by atoms with Crippen LogP contribution < -0.4 is 4.74 Å². The van der Waals surface area contributed by atoms with Gasteiger partial charge in [-0.1, -0.05) is 0 Å². The largest absolute Gasteiger partial charge is 0.467 e. The molecule has 2 rings (SSSR count). The van der Waals surface area contributed by atoms with Gasteiger partial charge >= 0.3 is 6.18 Å². The standard InChI is InChI=1S/C11H9F3N2O/c12-11(13,14)6-17-10-8(5-15)4-7-2-1-3-9(7)16-10/h4H,1-3,6H2. The lowest BCUT2D eigenvalue weighted by Crippen LogP contribution is -2.20. The van der Waals surface area contributed by atoms with E-state index in [-0.39, 0.29) is 11.4 Å². The molecule has 0 atom stereocenters. The van der Waals surface area contributed by atoms with E-state index in [1.54, 1.807) is 12.1 Å². The van der Waals surface area contributed by atoms with Crippen LogP contribution in [0, 0.1) is 11.3 Å². The molecule has 0 spiro atoms. The number of alkyl halides is 3. The van der Waals surface area contributed by atoms with E-state index in [9.17, 15) is 13.2 Å². The summed E-state index contributed by atoms with van der Waals surface area (Å²) < 4.78 is 40.6. The Hall–Kier alpha value is -1.77. The molecule has 1 aliphatic carbocycles. The second-order valence-electron chi connectivity index (χ2n) is 3.82. The number of fused-ring (bicyclic) bond motifs is 1. The number of halogens is 3. The van der Waals surface area contributed by atoms with Crippen LogP contribution in [0.15, 0.2) is 6.07 Å². The second kappa shape index (κ2) is 4.24. The first-order chi connectivity index (χ1) is 7.99. The molecule has 3 nitrogen and oxygen atoms in total. The molecule has 0 bridgehead atoms. The van der Waals surface area contributed by atoms with Crippen molar-refractivity contribution in [2.75, 3.05) is 6.61 Å². The molecule has 1 heterocycles. The van der Waals surface area contributed by atoms with Crippen LogP contribution >= 0.6 is 0 Å². The third kappa shape index (κ3) is 2.67. The summed E-state index contributed by atoms with van der Waals surface area (Å²) >= 11 is 0. The summed E-state index contributed by atoms with van der Waals surface area (Å²) in [5.74, 6) is -0.217. The van der Waals surface area contributed by atoms with Crippen molar-refractivity contribution < 1.29 is 17.9 Å². The smallest absolute Gasteiger partial charge is 0.422 e. The number of nitrogens with zero attached hydrogens (tertiary/aromatic N) is 2. The highest BCUT2D eigenvalue weighted by Gasteiger charge is 2.29. The molecule has 1 aromatic heterocycles. The van der Waals surface area contributed by atoms with E-state index < -0.39 is 12.8 Å². The van der Waals surface area contributed by atoms with E-state index in [2.05, 4.69) is 9.72 Å². The molecule has 1 aliphatic rings. The van der Waals surface area contributed by atoms with Gasteiger partial charge < -0.3 is 4.74 Å². The van der Waals surface area contributed by atoms with Crippen molar-refractivity contribution in [3.8, 4) is 11.9 Å². The van der Waals surface area contributed by atoms with Crippen LogP contribution in [0.3, 0.4) is 0 Å². The minimum Gasteiger partial charge on any atom is -0.467 e. The first-order valence-corrected chi connectivity index (χ1v) is 5.12. The average molecular weight is 242 g/mol. The number of hydrogen-bond donors (Lipinski definition) is 0. The van der Waals surface area contributed by atoms with Crippen molar-refractivity contribution in [2.24, 2.45) is 0 Å². The van der Waals surface area contributed by atoms with Crippen molar-refractivity contribution >= 4 is 0 Å². The van der Waals surface area contributed by atoms with Gasteiger partial charge in [-0.3, -0.25) is 0 Å². The SMILES string of the molecule is N#Cc1cc2c(nc1OCC(F)(F)F)CCC2. The zero-order chi connectivity index (χ0) is 12.5. The van der Waals surface area contributed by atoms with Crippen LogP contribution in [-0.4, -0.2) is 17.8 Å². The van der Waals surface area contributed by atoms with Crippen molar-refractivity contribution in [1.29, 1.82) is 5.26 Å². The number of nitriles is 1. The summed E-state index contributed by atoms with van der Waals surface area (Å²) in [5.41, 5.74) is 1.73. The highest BCUT2D eigenvalue weighted by Crippen LogP contribution is 2.27. The molecule has 17 heavy (non-hydrogen) atoms. The Labute approximate surface area is 95.8 Å². The first kappa shape index (κ1) is 11.7. The second-order valence-corrected chi connectivity index (χ2v) is 3.82. The zero-order valence-corrected chi connectivity index (χ0v) is 8.84. The van der Waals surface area contributed by atoms with E-state index in [0.717, 1.165) is 30.5 Å². The first-order valence-electron chi connectivity index (χ1n) is 5.12. The van der Waals surface area contributed by atoms with E-state index in [1.165, 1.54) is 0 Å². The molecule has 0 saturated carbocycles. The maximum absolute atomic E-state index is 12.0. The molecule has 6 heteroatoms. The summed E-state index contributed by atoms with van der Waals surface area (Å²) in [7, 11) is 0. The van der Waals surface area contributed by atoms with E-state index in [1.807, 2.05) is 0 Å². The zero-order valence-electron chi connectivity index (χ0n) is 8.84.